The quantitative estimate of drug-likeness (QED) is 0.422. The van der Waals surface area contributed by atoms with Crippen molar-refractivity contribution in [3.8, 4) is 0 Å². The number of hydrogen-bond donors (Lipinski definition) is 0. The van der Waals surface area contributed by atoms with E-state index in [1.54, 1.807) is 11.8 Å². The first-order valence-corrected chi connectivity index (χ1v) is 15.4. The molecule has 0 spiro atoms. The van der Waals surface area contributed by atoms with Crippen LogP contribution in [0, 0.1) is 10.2 Å². The minimum absolute atomic E-state index is 0.737. The normalized spacial score (nSPS) is 18.7. The van der Waals surface area contributed by atoms with E-state index in [0.29, 0.717) is 0 Å². The second kappa shape index (κ2) is 10.3. The molecule has 0 saturated carbocycles. The second-order valence-electron chi connectivity index (χ2n) is 7.71. The van der Waals surface area contributed by atoms with E-state index in [9.17, 15) is 14.0 Å². The van der Waals surface area contributed by atoms with E-state index >= 15 is 0 Å². The van der Waals surface area contributed by atoms with E-state index in [-0.39, 0.29) is 0 Å². The minimum atomic E-state index is -4.56. The van der Waals surface area contributed by atoms with Gasteiger partial charge in [-0.15, -0.1) is 0 Å². The van der Waals surface area contributed by atoms with Crippen LogP contribution in [0.3, 0.4) is 0 Å². The summed E-state index contributed by atoms with van der Waals surface area (Å²) < 4.78 is 41.5. The van der Waals surface area contributed by atoms with Crippen LogP contribution in [0.25, 0.3) is 5.57 Å². The molecule has 0 aromatic heterocycles. The van der Waals surface area contributed by atoms with Crippen LogP contribution in [0.5, 0.6) is 0 Å². The Kier molecular flexibility index (Phi) is 7.12. The van der Waals surface area contributed by atoms with Crippen LogP contribution >= 0.6 is 11.8 Å². The van der Waals surface area contributed by atoms with Crippen molar-refractivity contribution in [2.24, 2.45) is 0 Å². The first-order chi connectivity index (χ1) is 16.9. The Morgan fingerprint density at radius 3 is 2.43 bits per heavy atom. The van der Waals surface area contributed by atoms with E-state index in [2.05, 4.69) is 36.1 Å². The Morgan fingerprint density at radius 1 is 0.943 bits per heavy atom. The fourth-order valence-corrected chi connectivity index (χ4v) is 10.3. The molecule has 1 unspecified atom stereocenters. The number of rotatable bonds is 6. The Bertz CT molecular complexity index is 1380. The van der Waals surface area contributed by atoms with Gasteiger partial charge in [0.05, 0.1) is 0 Å². The molecule has 0 N–H and O–H groups in total. The number of fused-ring (bicyclic) bond motifs is 2. The van der Waals surface area contributed by atoms with Gasteiger partial charge in [0.25, 0.3) is 0 Å². The number of hydrogen-bond acceptors (Lipinski definition) is 6. The molecular formula is C27H22ClNO4SSe. The van der Waals surface area contributed by atoms with Crippen molar-refractivity contribution in [2.75, 3.05) is 11.4 Å². The van der Waals surface area contributed by atoms with Gasteiger partial charge >= 0.3 is 216 Å². The third-order valence-corrected chi connectivity index (χ3v) is 11.9. The molecule has 0 saturated heterocycles. The summed E-state index contributed by atoms with van der Waals surface area (Å²) in [6, 6.07) is 25.4. The molecule has 3 aromatic carbocycles. The van der Waals surface area contributed by atoms with Crippen molar-refractivity contribution >= 4 is 45.7 Å². The van der Waals surface area contributed by atoms with Crippen LogP contribution in [-0.4, -0.2) is 24.8 Å². The van der Waals surface area contributed by atoms with Crippen LogP contribution in [0.15, 0.2) is 113 Å². The van der Waals surface area contributed by atoms with E-state index in [1.807, 2.05) is 78.9 Å². The van der Waals surface area contributed by atoms with Crippen molar-refractivity contribution in [3.63, 3.8) is 0 Å². The summed E-state index contributed by atoms with van der Waals surface area (Å²) in [5.74, 6) is 0. The van der Waals surface area contributed by atoms with Gasteiger partial charge in [0, 0.05) is 0 Å². The van der Waals surface area contributed by atoms with Gasteiger partial charge in [-0.25, -0.2) is 0 Å². The number of thioether (sulfide) groups is 1. The first kappa shape index (κ1) is 24.3. The summed E-state index contributed by atoms with van der Waals surface area (Å²) in [5.41, 5.74) is 3.86. The Hall–Kier alpha value is -2.45. The van der Waals surface area contributed by atoms with Crippen LogP contribution in [0.1, 0.15) is 18.1 Å². The van der Waals surface area contributed by atoms with Crippen molar-refractivity contribution in [1.29, 1.82) is 0 Å². The fourth-order valence-electron chi connectivity index (χ4n) is 4.07. The Morgan fingerprint density at radius 2 is 1.66 bits per heavy atom. The van der Waals surface area contributed by atoms with Gasteiger partial charge in [-0.1, -0.05) is 0 Å². The second-order valence-corrected chi connectivity index (χ2v) is 13.4. The number of halogens is 1. The van der Waals surface area contributed by atoms with Gasteiger partial charge in [0.15, 0.2) is 0 Å². The van der Waals surface area contributed by atoms with E-state index in [0.717, 1.165) is 37.2 Å². The standard InChI is InChI=1S/C27H22ClNO4SSe/c1-2-29-23-15-7-8-16-24(23)34-27(29)18-10-13-21-19-26(20-11-4-3-5-12-20)35(33-28(30,31)32)25-17-9-6-14-22(21)25/h3-19H,2H2,1H3/b13-10+,27-18-. The predicted octanol–water partition coefficient (Wildman–Crippen LogP) is 2.03. The zero-order valence-corrected chi connectivity index (χ0v) is 22.1. The molecule has 1 atom stereocenters. The molecule has 0 aliphatic carbocycles. The summed E-state index contributed by atoms with van der Waals surface area (Å²) in [6.45, 7) is 3.00. The van der Waals surface area contributed by atoms with Crippen molar-refractivity contribution in [3.05, 3.63) is 119 Å². The van der Waals surface area contributed by atoms with Gasteiger partial charge in [-0.3, -0.25) is 0 Å². The van der Waals surface area contributed by atoms with Crippen molar-refractivity contribution in [2.45, 2.75) is 11.8 Å². The van der Waals surface area contributed by atoms with Gasteiger partial charge in [0.2, 0.25) is 0 Å². The molecule has 2 heterocycles. The average molecular weight is 571 g/mol. The monoisotopic (exact) mass is 571 g/mol. The molecule has 0 bridgehead atoms. The fraction of sp³-hybridized carbons (Fsp3) is 0.0741. The predicted molar refractivity (Wildman–Crippen MR) is 134 cm³/mol. The van der Waals surface area contributed by atoms with Crippen molar-refractivity contribution in [1.82, 2.24) is 0 Å². The van der Waals surface area contributed by atoms with E-state index < -0.39 is 24.0 Å². The molecule has 178 valence electrons. The van der Waals surface area contributed by atoms with Crippen LogP contribution in [0.4, 0.5) is 5.69 Å². The molecule has 8 heteroatoms. The summed E-state index contributed by atoms with van der Waals surface area (Å²) in [7, 11) is -4.56. The number of para-hydroxylation sites is 1. The zero-order chi connectivity index (χ0) is 24.4. The van der Waals surface area contributed by atoms with Gasteiger partial charge in [-0.2, -0.15) is 0 Å². The molecule has 35 heavy (non-hydrogen) atoms. The van der Waals surface area contributed by atoms with Crippen LogP contribution in [0.2, 0.25) is 0 Å². The molecule has 2 aliphatic rings. The van der Waals surface area contributed by atoms with Crippen LogP contribution in [-0.2, 0) is 3.37 Å². The Labute approximate surface area is 215 Å². The SMILES string of the molecule is CCN1/C(=C/C=C/C2=CC(c3ccccc3)=[Se](O[Cl+3]([O-])([O-])[O-])c3ccccc32)Sc2ccccc21. The molecular weight excluding hydrogens is 549 g/mol. The first-order valence-electron chi connectivity index (χ1n) is 11.0. The van der Waals surface area contributed by atoms with Gasteiger partial charge in [-0.05, 0) is 0 Å². The van der Waals surface area contributed by atoms with Crippen molar-refractivity contribution < 1.29 is 27.6 Å². The maximum atomic E-state index is 11.6. The van der Waals surface area contributed by atoms with Crippen LogP contribution < -0.4 is 23.3 Å². The third-order valence-electron chi connectivity index (χ3n) is 5.55. The summed E-state index contributed by atoms with van der Waals surface area (Å²) in [4.78, 5) is 3.52. The molecule has 5 nitrogen and oxygen atoms in total. The molecule has 0 radical (unpaired) electrons. The molecule has 0 fully saturated rings. The van der Waals surface area contributed by atoms with E-state index in [1.165, 1.54) is 10.6 Å². The molecule has 2 aliphatic heterocycles. The topological polar surface area (TPSA) is 81.7 Å². The average Bonchev–Trinajstić information content (AvgIpc) is 3.22. The number of nitrogens with zero attached hydrogens (tertiary/aromatic N) is 1. The molecule has 3 aromatic rings. The number of anilines is 1. The number of allylic oxidation sites excluding steroid dienone is 5. The molecule has 5 rings (SSSR count). The summed E-state index contributed by atoms with van der Waals surface area (Å²) >= 11 is -0.859. The number of benzene rings is 3. The summed E-state index contributed by atoms with van der Waals surface area (Å²) in [5, 5.41) is 1.15. The molecule has 0 amide bonds. The Balaban J connectivity index is 1.56. The van der Waals surface area contributed by atoms with Gasteiger partial charge < -0.3 is 0 Å². The zero-order valence-electron chi connectivity index (χ0n) is 18.8. The van der Waals surface area contributed by atoms with Gasteiger partial charge in [0.1, 0.15) is 0 Å². The maximum absolute atomic E-state index is 11.6. The van der Waals surface area contributed by atoms with E-state index in [4.69, 9.17) is 3.37 Å². The third kappa shape index (κ3) is 5.23. The summed E-state index contributed by atoms with van der Waals surface area (Å²) in [6.07, 6.45) is 8.09.